The second-order valence-electron chi connectivity index (χ2n) is 7.40. The lowest BCUT2D eigenvalue weighted by atomic mass is 10.1. The largest absolute Gasteiger partial charge is 0.469 e. The van der Waals surface area contributed by atoms with E-state index in [9.17, 15) is 4.79 Å². The lowest BCUT2D eigenvalue weighted by molar-refractivity contribution is -0.119. The smallest absolute Gasteiger partial charge is 0.230 e. The van der Waals surface area contributed by atoms with Crippen LogP contribution in [0.2, 0.25) is 5.02 Å². The average molecular weight is 467 g/mol. The maximum Gasteiger partial charge on any atom is 0.230 e. The number of nitrogens with zero attached hydrogens (tertiary/aromatic N) is 3. The summed E-state index contributed by atoms with van der Waals surface area (Å²) < 4.78 is 7.48. The van der Waals surface area contributed by atoms with E-state index in [0.717, 1.165) is 28.3 Å². The molecule has 1 atom stereocenters. The Morgan fingerprint density at radius 2 is 1.97 bits per heavy atom. The lowest BCUT2D eigenvalue weighted by Crippen LogP contribution is -2.28. The van der Waals surface area contributed by atoms with Crippen LogP contribution in [0.1, 0.15) is 29.9 Å². The van der Waals surface area contributed by atoms with E-state index >= 15 is 0 Å². The van der Waals surface area contributed by atoms with Crippen molar-refractivity contribution in [2.75, 3.05) is 5.75 Å². The van der Waals surface area contributed by atoms with Gasteiger partial charge in [0.25, 0.3) is 0 Å². The molecule has 0 saturated carbocycles. The first-order chi connectivity index (χ1) is 15.5. The Kier molecular flexibility index (Phi) is 6.97. The minimum atomic E-state index is -0.145. The number of aromatic nitrogens is 3. The highest BCUT2D eigenvalue weighted by Gasteiger charge is 2.19. The predicted octanol–water partition coefficient (Wildman–Crippen LogP) is 5.52. The molecule has 0 aliphatic rings. The molecule has 2 aromatic carbocycles. The Bertz CT molecular complexity index is 1210. The average Bonchev–Trinajstić information content (AvgIpc) is 3.38. The summed E-state index contributed by atoms with van der Waals surface area (Å²) >= 11 is 7.42. The Morgan fingerprint density at radius 1 is 1.16 bits per heavy atom. The van der Waals surface area contributed by atoms with Crippen molar-refractivity contribution in [2.45, 2.75) is 31.6 Å². The number of carbonyl (C=O) groups excluding carboxylic acids is 1. The normalized spacial score (nSPS) is 12.0. The van der Waals surface area contributed by atoms with Gasteiger partial charge in [0.15, 0.2) is 11.0 Å². The van der Waals surface area contributed by atoms with Crippen molar-refractivity contribution in [1.29, 1.82) is 0 Å². The van der Waals surface area contributed by atoms with E-state index in [1.165, 1.54) is 11.8 Å². The van der Waals surface area contributed by atoms with Crippen LogP contribution >= 0.6 is 23.4 Å². The van der Waals surface area contributed by atoms with Gasteiger partial charge in [0.05, 0.1) is 30.2 Å². The van der Waals surface area contributed by atoms with Crippen molar-refractivity contribution < 1.29 is 9.21 Å². The number of amides is 1. The van der Waals surface area contributed by atoms with Crippen LogP contribution in [0.5, 0.6) is 0 Å². The Hall–Kier alpha value is -3.03. The third-order valence-corrected chi connectivity index (χ3v) is 6.26. The third-order valence-electron chi connectivity index (χ3n) is 5.06. The van der Waals surface area contributed by atoms with Gasteiger partial charge in [0.2, 0.25) is 5.91 Å². The molecule has 1 amide bonds. The molecule has 8 heteroatoms. The molecule has 0 saturated heterocycles. The summed E-state index contributed by atoms with van der Waals surface area (Å²) in [5, 5.41) is 13.1. The first kappa shape index (κ1) is 22.2. The van der Waals surface area contributed by atoms with Crippen molar-refractivity contribution in [3.8, 4) is 11.4 Å². The lowest BCUT2D eigenvalue weighted by Gasteiger charge is -2.15. The van der Waals surface area contributed by atoms with Crippen molar-refractivity contribution in [3.63, 3.8) is 0 Å². The maximum atomic E-state index is 12.6. The molecule has 0 bridgehead atoms. The number of carbonyl (C=O) groups is 1. The van der Waals surface area contributed by atoms with Gasteiger partial charge in [-0.2, -0.15) is 0 Å². The number of hydrogen-bond acceptors (Lipinski definition) is 5. The molecule has 0 unspecified atom stereocenters. The van der Waals surface area contributed by atoms with Crippen molar-refractivity contribution >= 4 is 29.3 Å². The fraction of sp³-hybridized carbons (Fsp3) is 0.208. The number of nitrogens with one attached hydrogen (secondary N) is 1. The van der Waals surface area contributed by atoms with Gasteiger partial charge in [0, 0.05) is 5.02 Å². The van der Waals surface area contributed by atoms with Gasteiger partial charge in [0.1, 0.15) is 5.76 Å². The number of aryl methyl sites for hydroxylation is 1. The zero-order chi connectivity index (χ0) is 22.5. The summed E-state index contributed by atoms with van der Waals surface area (Å²) in [4.78, 5) is 12.6. The number of rotatable bonds is 8. The minimum Gasteiger partial charge on any atom is -0.469 e. The fourth-order valence-electron chi connectivity index (χ4n) is 3.39. The predicted molar refractivity (Wildman–Crippen MR) is 127 cm³/mol. The summed E-state index contributed by atoms with van der Waals surface area (Å²) in [5.41, 5.74) is 2.97. The van der Waals surface area contributed by atoms with Crippen molar-refractivity contribution in [2.24, 2.45) is 0 Å². The minimum absolute atomic E-state index is 0.0854. The molecule has 0 aliphatic carbocycles. The van der Waals surface area contributed by atoms with Gasteiger partial charge in [-0.15, -0.1) is 10.2 Å². The highest BCUT2D eigenvalue weighted by atomic mass is 35.5. The Morgan fingerprint density at radius 3 is 2.69 bits per heavy atom. The van der Waals surface area contributed by atoms with E-state index in [2.05, 4.69) is 27.6 Å². The number of halogens is 1. The highest BCUT2D eigenvalue weighted by Crippen LogP contribution is 2.28. The quantitative estimate of drug-likeness (QED) is 0.346. The summed E-state index contributed by atoms with van der Waals surface area (Å²) in [6.45, 7) is 4.43. The monoisotopic (exact) mass is 466 g/mol. The molecular formula is C24H23ClN4O2S. The second kappa shape index (κ2) is 10.1. The molecule has 32 heavy (non-hydrogen) atoms. The van der Waals surface area contributed by atoms with E-state index in [0.29, 0.717) is 16.7 Å². The molecule has 2 aromatic heterocycles. The number of benzene rings is 2. The number of hydrogen-bond donors (Lipinski definition) is 1. The van der Waals surface area contributed by atoms with Gasteiger partial charge in [-0.25, -0.2) is 0 Å². The topological polar surface area (TPSA) is 72.9 Å². The van der Waals surface area contributed by atoms with Crippen LogP contribution in [0.3, 0.4) is 0 Å². The van der Waals surface area contributed by atoms with Crippen LogP contribution in [0.4, 0.5) is 0 Å². The van der Waals surface area contributed by atoms with Gasteiger partial charge >= 0.3 is 0 Å². The van der Waals surface area contributed by atoms with E-state index in [4.69, 9.17) is 16.0 Å². The molecule has 6 nitrogen and oxygen atoms in total. The van der Waals surface area contributed by atoms with Gasteiger partial charge < -0.3 is 9.73 Å². The van der Waals surface area contributed by atoms with E-state index in [-0.39, 0.29) is 17.7 Å². The molecular weight excluding hydrogens is 444 g/mol. The van der Waals surface area contributed by atoms with Gasteiger partial charge in [-0.05, 0) is 43.2 Å². The standard InChI is InChI=1S/C24H23ClN4O2S/c1-16(19-9-6-10-20(25)13-19)26-22(30)15-32-24-28-27-23(21-11-12-31-17(21)2)29(24)14-18-7-4-3-5-8-18/h3-13,16H,14-15H2,1-2H3,(H,26,30)/t16-/m1/s1. The Labute approximate surface area is 196 Å². The van der Waals surface area contributed by atoms with Crippen LogP contribution in [0, 0.1) is 6.92 Å². The third kappa shape index (κ3) is 5.23. The van der Waals surface area contributed by atoms with Crippen LogP contribution in [-0.4, -0.2) is 26.4 Å². The van der Waals surface area contributed by atoms with E-state index in [1.54, 1.807) is 6.26 Å². The Balaban J connectivity index is 1.50. The zero-order valence-electron chi connectivity index (χ0n) is 17.8. The molecule has 0 aliphatic heterocycles. The molecule has 0 radical (unpaired) electrons. The number of thioether (sulfide) groups is 1. The zero-order valence-corrected chi connectivity index (χ0v) is 19.4. The van der Waals surface area contributed by atoms with Crippen LogP contribution in [0.15, 0.2) is 76.5 Å². The molecule has 164 valence electrons. The molecule has 1 N–H and O–H groups in total. The molecule has 4 aromatic rings. The van der Waals surface area contributed by atoms with Crippen molar-refractivity contribution in [1.82, 2.24) is 20.1 Å². The fourth-order valence-corrected chi connectivity index (χ4v) is 4.34. The first-order valence-corrected chi connectivity index (χ1v) is 11.6. The summed E-state index contributed by atoms with van der Waals surface area (Å²) in [5.74, 6) is 1.63. The summed E-state index contributed by atoms with van der Waals surface area (Å²) in [6, 6.07) is 19.3. The first-order valence-electron chi connectivity index (χ1n) is 10.2. The van der Waals surface area contributed by atoms with Crippen LogP contribution in [-0.2, 0) is 11.3 Å². The van der Waals surface area contributed by atoms with Gasteiger partial charge in [-0.1, -0.05) is 65.8 Å². The molecule has 0 spiro atoms. The molecule has 0 fully saturated rings. The highest BCUT2D eigenvalue weighted by molar-refractivity contribution is 7.99. The van der Waals surface area contributed by atoms with Crippen LogP contribution < -0.4 is 5.32 Å². The summed E-state index contributed by atoms with van der Waals surface area (Å²) in [6.07, 6.45) is 1.64. The van der Waals surface area contributed by atoms with Crippen molar-refractivity contribution in [3.05, 3.63) is 88.8 Å². The van der Waals surface area contributed by atoms with Crippen LogP contribution in [0.25, 0.3) is 11.4 Å². The second-order valence-corrected chi connectivity index (χ2v) is 8.78. The molecule has 2 heterocycles. The van der Waals surface area contributed by atoms with E-state index in [1.807, 2.05) is 66.9 Å². The maximum absolute atomic E-state index is 12.6. The van der Waals surface area contributed by atoms with Gasteiger partial charge in [-0.3, -0.25) is 9.36 Å². The number of furan rings is 1. The molecule has 4 rings (SSSR count). The van der Waals surface area contributed by atoms with E-state index < -0.39 is 0 Å². The SMILES string of the molecule is Cc1occc1-c1nnc(SCC(=O)N[C@H](C)c2cccc(Cl)c2)n1Cc1ccccc1. The summed E-state index contributed by atoms with van der Waals surface area (Å²) in [7, 11) is 0.